The Morgan fingerprint density at radius 3 is 2.67 bits per heavy atom. The van der Waals surface area contributed by atoms with E-state index in [1.807, 2.05) is 11.3 Å². The van der Waals surface area contributed by atoms with Gasteiger partial charge in [0, 0.05) is 10.9 Å². The molecule has 0 aliphatic carbocycles. The van der Waals surface area contributed by atoms with Gasteiger partial charge in [-0.2, -0.15) is 0 Å². The van der Waals surface area contributed by atoms with Crippen LogP contribution in [0.15, 0.2) is 17.5 Å². The molecule has 0 saturated heterocycles. The maximum atomic E-state index is 3.64. The molecule has 0 aliphatic heterocycles. The highest BCUT2D eigenvalue weighted by molar-refractivity contribution is 7.10. The maximum Gasteiger partial charge on any atom is 0.0414 e. The van der Waals surface area contributed by atoms with Crippen molar-refractivity contribution in [3.05, 3.63) is 22.4 Å². The van der Waals surface area contributed by atoms with Gasteiger partial charge in [0.2, 0.25) is 0 Å². The van der Waals surface area contributed by atoms with Gasteiger partial charge in [0.05, 0.1) is 0 Å². The van der Waals surface area contributed by atoms with Crippen LogP contribution >= 0.6 is 11.3 Å². The lowest BCUT2D eigenvalue weighted by atomic mass is 10.0. The van der Waals surface area contributed by atoms with Gasteiger partial charge >= 0.3 is 0 Å². The van der Waals surface area contributed by atoms with Gasteiger partial charge in [0.25, 0.3) is 0 Å². The summed E-state index contributed by atoms with van der Waals surface area (Å²) in [6.07, 6.45) is 3.78. The lowest BCUT2D eigenvalue weighted by molar-refractivity contribution is 0.445. The predicted octanol–water partition coefficient (Wildman–Crippen LogP) is 4.23. The molecule has 0 radical (unpaired) electrons. The first kappa shape index (κ1) is 12.7. The summed E-state index contributed by atoms with van der Waals surface area (Å²) in [6, 6.07) is 4.97. The van der Waals surface area contributed by atoms with Gasteiger partial charge in [0.1, 0.15) is 0 Å². The quantitative estimate of drug-likeness (QED) is 0.732. The van der Waals surface area contributed by atoms with Gasteiger partial charge in [-0.05, 0) is 43.2 Å². The molecule has 0 aliphatic rings. The van der Waals surface area contributed by atoms with Crippen molar-refractivity contribution in [2.75, 3.05) is 6.54 Å². The molecule has 1 N–H and O–H groups in total. The summed E-state index contributed by atoms with van der Waals surface area (Å²) in [6.45, 7) is 7.94. The van der Waals surface area contributed by atoms with Crippen LogP contribution in [0.5, 0.6) is 0 Å². The van der Waals surface area contributed by atoms with E-state index in [4.69, 9.17) is 0 Å². The van der Waals surface area contributed by atoms with E-state index in [1.54, 1.807) is 0 Å². The SMILES string of the molecule is CCCNC(CCC(C)C)c1cccs1. The van der Waals surface area contributed by atoms with Crippen molar-refractivity contribution in [2.24, 2.45) is 5.92 Å². The highest BCUT2D eigenvalue weighted by Gasteiger charge is 2.11. The second-order valence-electron chi connectivity index (χ2n) is 4.49. The van der Waals surface area contributed by atoms with Crippen LogP contribution in [0.1, 0.15) is 51.0 Å². The molecule has 0 amide bonds. The van der Waals surface area contributed by atoms with Gasteiger partial charge in [-0.1, -0.05) is 26.8 Å². The fourth-order valence-corrected chi connectivity index (χ4v) is 2.49. The van der Waals surface area contributed by atoms with Crippen molar-refractivity contribution >= 4 is 11.3 Å². The fourth-order valence-electron chi connectivity index (χ4n) is 1.65. The van der Waals surface area contributed by atoms with Crippen LogP contribution < -0.4 is 5.32 Å². The first-order valence-corrected chi connectivity index (χ1v) is 6.88. The number of rotatable bonds is 7. The van der Waals surface area contributed by atoms with Crippen molar-refractivity contribution in [3.8, 4) is 0 Å². The third kappa shape index (κ3) is 4.80. The third-order valence-corrected chi connectivity index (χ3v) is 3.55. The van der Waals surface area contributed by atoms with Gasteiger partial charge in [-0.15, -0.1) is 11.3 Å². The fraction of sp³-hybridized carbons (Fsp3) is 0.692. The first-order chi connectivity index (χ1) is 7.24. The lowest BCUT2D eigenvalue weighted by Crippen LogP contribution is -2.21. The van der Waals surface area contributed by atoms with Crippen molar-refractivity contribution in [3.63, 3.8) is 0 Å². The van der Waals surface area contributed by atoms with Gasteiger partial charge in [-0.25, -0.2) is 0 Å². The first-order valence-electron chi connectivity index (χ1n) is 6.00. The topological polar surface area (TPSA) is 12.0 Å². The highest BCUT2D eigenvalue weighted by atomic mass is 32.1. The van der Waals surface area contributed by atoms with E-state index < -0.39 is 0 Å². The molecule has 0 saturated carbocycles. The van der Waals surface area contributed by atoms with E-state index >= 15 is 0 Å². The zero-order chi connectivity index (χ0) is 11.1. The Balaban J connectivity index is 2.46. The molecule has 1 aromatic heterocycles. The largest absolute Gasteiger partial charge is 0.309 e. The number of hydrogen-bond acceptors (Lipinski definition) is 2. The minimum absolute atomic E-state index is 0.576. The molecule has 1 nitrogen and oxygen atoms in total. The van der Waals surface area contributed by atoms with Crippen LogP contribution in [-0.4, -0.2) is 6.54 Å². The zero-order valence-electron chi connectivity index (χ0n) is 10.1. The summed E-state index contributed by atoms with van der Waals surface area (Å²) in [5.74, 6) is 0.802. The Morgan fingerprint density at radius 2 is 2.13 bits per heavy atom. The average Bonchev–Trinajstić information content (AvgIpc) is 2.71. The molecular formula is C13H23NS. The molecule has 2 heteroatoms. The molecule has 0 bridgehead atoms. The van der Waals surface area contributed by atoms with Crippen LogP contribution in [0.2, 0.25) is 0 Å². The van der Waals surface area contributed by atoms with Crippen LogP contribution in [0, 0.1) is 5.92 Å². The molecule has 1 atom stereocenters. The lowest BCUT2D eigenvalue weighted by Gasteiger charge is -2.18. The molecule has 0 spiro atoms. The van der Waals surface area contributed by atoms with E-state index in [0.29, 0.717) is 6.04 Å². The molecule has 15 heavy (non-hydrogen) atoms. The minimum Gasteiger partial charge on any atom is -0.309 e. The predicted molar refractivity (Wildman–Crippen MR) is 69.4 cm³/mol. The summed E-state index contributed by atoms with van der Waals surface area (Å²) in [7, 11) is 0. The van der Waals surface area contributed by atoms with E-state index in [-0.39, 0.29) is 0 Å². The van der Waals surface area contributed by atoms with Crippen LogP contribution in [0.25, 0.3) is 0 Å². The molecule has 0 fully saturated rings. The Hall–Kier alpha value is -0.340. The molecule has 1 rings (SSSR count). The standard InChI is InChI=1S/C13H23NS/c1-4-9-14-12(8-7-11(2)3)13-6-5-10-15-13/h5-6,10-12,14H,4,7-9H2,1-3H3. The molecule has 1 heterocycles. The van der Waals surface area contributed by atoms with E-state index in [9.17, 15) is 0 Å². The second kappa shape index (κ2) is 7.02. The molecule has 0 aromatic carbocycles. The summed E-state index contributed by atoms with van der Waals surface area (Å²) in [4.78, 5) is 1.49. The average molecular weight is 225 g/mol. The number of hydrogen-bond donors (Lipinski definition) is 1. The van der Waals surface area contributed by atoms with Crippen molar-refractivity contribution in [1.29, 1.82) is 0 Å². The minimum atomic E-state index is 0.576. The molecule has 1 unspecified atom stereocenters. The monoisotopic (exact) mass is 225 g/mol. The Kier molecular flexibility index (Phi) is 5.96. The van der Waals surface area contributed by atoms with E-state index in [1.165, 1.54) is 24.1 Å². The van der Waals surface area contributed by atoms with Crippen molar-refractivity contribution in [2.45, 2.75) is 46.1 Å². The Bertz CT molecular complexity index is 241. The summed E-state index contributed by atoms with van der Waals surface area (Å²) in [5, 5.41) is 5.81. The number of thiophene rings is 1. The molecular weight excluding hydrogens is 202 g/mol. The van der Waals surface area contributed by atoms with Gasteiger partial charge in [0.15, 0.2) is 0 Å². The number of nitrogens with one attached hydrogen (secondary N) is 1. The zero-order valence-corrected chi connectivity index (χ0v) is 10.9. The van der Waals surface area contributed by atoms with Crippen LogP contribution in [0.4, 0.5) is 0 Å². The van der Waals surface area contributed by atoms with E-state index in [2.05, 4.69) is 43.6 Å². The van der Waals surface area contributed by atoms with Gasteiger partial charge < -0.3 is 5.32 Å². The van der Waals surface area contributed by atoms with Crippen molar-refractivity contribution < 1.29 is 0 Å². The van der Waals surface area contributed by atoms with E-state index in [0.717, 1.165) is 12.5 Å². The normalized spacial score (nSPS) is 13.3. The summed E-state index contributed by atoms with van der Waals surface area (Å²) >= 11 is 1.87. The molecule has 86 valence electrons. The van der Waals surface area contributed by atoms with Crippen LogP contribution in [0.3, 0.4) is 0 Å². The Labute approximate surface area is 97.9 Å². The summed E-state index contributed by atoms with van der Waals surface area (Å²) in [5.41, 5.74) is 0. The smallest absolute Gasteiger partial charge is 0.0414 e. The maximum absolute atomic E-state index is 3.64. The van der Waals surface area contributed by atoms with Gasteiger partial charge in [-0.3, -0.25) is 0 Å². The summed E-state index contributed by atoms with van der Waals surface area (Å²) < 4.78 is 0. The van der Waals surface area contributed by atoms with Crippen LogP contribution in [-0.2, 0) is 0 Å². The highest BCUT2D eigenvalue weighted by Crippen LogP contribution is 2.24. The molecule has 1 aromatic rings. The Morgan fingerprint density at radius 1 is 1.33 bits per heavy atom. The second-order valence-corrected chi connectivity index (χ2v) is 5.47. The van der Waals surface area contributed by atoms with Crippen molar-refractivity contribution in [1.82, 2.24) is 5.32 Å². The third-order valence-electron chi connectivity index (χ3n) is 2.56.